The van der Waals surface area contributed by atoms with Gasteiger partial charge in [-0.1, -0.05) is 13.3 Å². The molecule has 0 radical (unpaired) electrons. The second-order valence-electron chi connectivity index (χ2n) is 4.45. The molecule has 0 bridgehead atoms. The van der Waals surface area contributed by atoms with Crippen LogP contribution >= 0.6 is 0 Å². The van der Waals surface area contributed by atoms with E-state index in [2.05, 4.69) is 22.1 Å². The molecule has 104 valence electrons. The van der Waals surface area contributed by atoms with Gasteiger partial charge in [0.25, 0.3) is 0 Å². The predicted octanol–water partition coefficient (Wildman–Crippen LogP) is 0.325. The van der Waals surface area contributed by atoms with Gasteiger partial charge in [0.2, 0.25) is 0 Å². The van der Waals surface area contributed by atoms with E-state index in [9.17, 15) is 4.79 Å². The van der Waals surface area contributed by atoms with Crippen LogP contribution in [0.4, 0.5) is 5.82 Å². The number of aliphatic hydroxyl groups is 1. The summed E-state index contributed by atoms with van der Waals surface area (Å²) in [6.07, 6.45) is 2.10. The number of nitrogens with zero attached hydrogens (tertiary/aromatic N) is 4. The van der Waals surface area contributed by atoms with Crippen LogP contribution in [0.3, 0.4) is 0 Å². The minimum absolute atomic E-state index is 0.0724. The first kappa shape index (κ1) is 13.5. The zero-order chi connectivity index (χ0) is 13.8. The number of rotatable bonds is 6. The van der Waals surface area contributed by atoms with Crippen molar-refractivity contribution in [2.75, 3.05) is 24.6 Å². The minimum atomic E-state index is -0.284. The number of aryl methyl sites for hydroxylation is 1. The molecule has 2 rings (SSSR count). The number of hydrogen-bond acceptors (Lipinski definition) is 5. The zero-order valence-electron chi connectivity index (χ0n) is 11.3. The smallest absolute Gasteiger partial charge is 0.349 e. The maximum Gasteiger partial charge on any atom is 0.349 e. The second-order valence-corrected chi connectivity index (χ2v) is 4.45. The zero-order valence-corrected chi connectivity index (χ0v) is 11.3. The van der Waals surface area contributed by atoms with Gasteiger partial charge in [0.15, 0.2) is 5.65 Å². The SMILES string of the molecule is CCCCN(CCO)c1cc2n[nH]c(=O)n2c(C)n1. The Labute approximate surface area is 110 Å². The maximum atomic E-state index is 11.5. The highest BCUT2D eigenvalue weighted by Gasteiger charge is 2.12. The molecule has 7 heteroatoms. The summed E-state index contributed by atoms with van der Waals surface area (Å²) >= 11 is 0. The minimum Gasteiger partial charge on any atom is -0.395 e. The fraction of sp³-hybridized carbons (Fsp3) is 0.583. The molecule has 2 aromatic rings. The van der Waals surface area contributed by atoms with Gasteiger partial charge in [-0.25, -0.2) is 19.3 Å². The van der Waals surface area contributed by atoms with Crippen molar-refractivity contribution < 1.29 is 5.11 Å². The van der Waals surface area contributed by atoms with Crippen molar-refractivity contribution in [3.05, 3.63) is 22.4 Å². The van der Waals surface area contributed by atoms with Gasteiger partial charge < -0.3 is 10.0 Å². The topological polar surface area (TPSA) is 86.5 Å². The Morgan fingerprint density at radius 1 is 1.47 bits per heavy atom. The Balaban J connectivity index is 2.39. The van der Waals surface area contributed by atoms with Crippen LogP contribution in [0.2, 0.25) is 0 Å². The maximum absolute atomic E-state index is 11.5. The Morgan fingerprint density at radius 3 is 2.95 bits per heavy atom. The van der Waals surface area contributed by atoms with Crippen molar-refractivity contribution in [2.24, 2.45) is 0 Å². The lowest BCUT2D eigenvalue weighted by Gasteiger charge is -2.22. The van der Waals surface area contributed by atoms with E-state index in [-0.39, 0.29) is 12.3 Å². The molecule has 0 amide bonds. The molecule has 0 aromatic carbocycles. The van der Waals surface area contributed by atoms with Gasteiger partial charge in [-0.3, -0.25) is 0 Å². The highest BCUT2D eigenvalue weighted by atomic mass is 16.3. The predicted molar refractivity (Wildman–Crippen MR) is 72.6 cm³/mol. The van der Waals surface area contributed by atoms with Crippen LogP contribution in [0.15, 0.2) is 10.9 Å². The van der Waals surface area contributed by atoms with Crippen molar-refractivity contribution in [3.63, 3.8) is 0 Å². The van der Waals surface area contributed by atoms with Crippen LogP contribution in [0.5, 0.6) is 0 Å². The van der Waals surface area contributed by atoms with Crippen LogP contribution in [0.1, 0.15) is 25.6 Å². The first-order valence-electron chi connectivity index (χ1n) is 6.48. The monoisotopic (exact) mass is 265 g/mol. The molecule has 7 nitrogen and oxygen atoms in total. The average Bonchev–Trinajstić information content (AvgIpc) is 2.76. The molecule has 2 heterocycles. The second kappa shape index (κ2) is 5.83. The quantitative estimate of drug-likeness (QED) is 0.785. The molecule has 0 saturated carbocycles. The molecule has 0 atom stereocenters. The van der Waals surface area contributed by atoms with Gasteiger partial charge in [0, 0.05) is 19.2 Å². The lowest BCUT2D eigenvalue weighted by Crippen LogP contribution is -2.29. The van der Waals surface area contributed by atoms with E-state index in [1.165, 1.54) is 4.40 Å². The van der Waals surface area contributed by atoms with Crippen molar-refractivity contribution >= 4 is 11.5 Å². The normalized spacial score (nSPS) is 11.1. The standard InChI is InChI=1S/C12H19N5O2/c1-3-4-5-16(6-7-18)10-8-11-14-15-12(19)17(11)9(2)13-10/h8,18H,3-7H2,1-2H3,(H,15,19). The summed E-state index contributed by atoms with van der Waals surface area (Å²) in [4.78, 5) is 18.0. The van der Waals surface area contributed by atoms with E-state index in [4.69, 9.17) is 5.11 Å². The summed E-state index contributed by atoms with van der Waals surface area (Å²) in [6.45, 7) is 5.31. The number of aliphatic hydroxyl groups excluding tert-OH is 1. The molecule has 0 aliphatic heterocycles. The molecule has 0 aliphatic rings. The third-order valence-electron chi connectivity index (χ3n) is 3.03. The largest absolute Gasteiger partial charge is 0.395 e. The van der Waals surface area contributed by atoms with Gasteiger partial charge in [-0.2, -0.15) is 5.10 Å². The molecule has 0 aliphatic carbocycles. The number of unbranched alkanes of at least 4 members (excludes halogenated alkanes) is 1. The Kier molecular flexibility index (Phi) is 4.16. The van der Waals surface area contributed by atoms with E-state index in [1.807, 2.05) is 4.90 Å². The molecule has 19 heavy (non-hydrogen) atoms. The summed E-state index contributed by atoms with van der Waals surface area (Å²) in [7, 11) is 0. The Hall–Kier alpha value is -1.89. The summed E-state index contributed by atoms with van der Waals surface area (Å²) in [6, 6.07) is 1.76. The number of hydrogen-bond donors (Lipinski definition) is 2. The highest BCUT2D eigenvalue weighted by Crippen LogP contribution is 2.14. The summed E-state index contributed by atoms with van der Waals surface area (Å²) < 4.78 is 1.43. The Bertz CT molecular complexity index is 604. The lowest BCUT2D eigenvalue weighted by atomic mass is 10.3. The average molecular weight is 265 g/mol. The van der Waals surface area contributed by atoms with Gasteiger partial charge in [0.05, 0.1) is 6.61 Å². The van der Waals surface area contributed by atoms with Crippen LogP contribution < -0.4 is 10.6 Å². The molecule has 0 fully saturated rings. The molecule has 2 N–H and O–H groups in total. The van der Waals surface area contributed by atoms with Crippen LogP contribution in [-0.2, 0) is 0 Å². The Morgan fingerprint density at radius 2 is 2.26 bits per heavy atom. The number of aromatic amines is 1. The number of aromatic nitrogens is 4. The van der Waals surface area contributed by atoms with Crippen LogP contribution in [0, 0.1) is 6.92 Å². The molecule has 0 spiro atoms. The number of fused-ring (bicyclic) bond motifs is 1. The van der Waals surface area contributed by atoms with E-state index >= 15 is 0 Å². The van der Waals surface area contributed by atoms with Crippen molar-refractivity contribution in [1.29, 1.82) is 0 Å². The molecule has 0 unspecified atom stereocenters. The lowest BCUT2D eigenvalue weighted by molar-refractivity contribution is 0.301. The van der Waals surface area contributed by atoms with Crippen LogP contribution in [0.25, 0.3) is 5.65 Å². The summed E-state index contributed by atoms with van der Waals surface area (Å²) in [5.41, 5.74) is 0.265. The van der Waals surface area contributed by atoms with E-state index in [0.29, 0.717) is 18.0 Å². The number of anilines is 1. The number of H-pyrrole nitrogens is 1. The van der Waals surface area contributed by atoms with Gasteiger partial charge in [-0.15, -0.1) is 0 Å². The van der Waals surface area contributed by atoms with Crippen molar-refractivity contribution in [1.82, 2.24) is 19.6 Å². The first-order chi connectivity index (χ1) is 9.17. The summed E-state index contributed by atoms with van der Waals surface area (Å²) in [5.74, 6) is 1.33. The van der Waals surface area contributed by atoms with E-state index in [1.54, 1.807) is 13.0 Å². The summed E-state index contributed by atoms with van der Waals surface area (Å²) in [5, 5.41) is 15.5. The third-order valence-corrected chi connectivity index (χ3v) is 3.03. The van der Waals surface area contributed by atoms with Crippen molar-refractivity contribution in [2.45, 2.75) is 26.7 Å². The highest BCUT2D eigenvalue weighted by molar-refractivity contribution is 5.51. The molecular formula is C12H19N5O2. The van der Waals surface area contributed by atoms with E-state index < -0.39 is 0 Å². The number of nitrogens with one attached hydrogen (secondary N) is 1. The van der Waals surface area contributed by atoms with Crippen LogP contribution in [-0.4, -0.2) is 44.4 Å². The van der Waals surface area contributed by atoms with Gasteiger partial charge in [-0.05, 0) is 13.3 Å². The molecule has 0 saturated heterocycles. The third kappa shape index (κ3) is 2.76. The van der Waals surface area contributed by atoms with Gasteiger partial charge in [0.1, 0.15) is 11.6 Å². The van der Waals surface area contributed by atoms with E-state index in [0.717, 1.165) is 25.2 Å². The molecular weight excluding hydrogens is 246 g/mol. The molecule has 2 aromatic heterocycles. The fourth-order valence-corrected chi connectivity index (χ4v) is 2.05. The van der Waals surface area contributed by atoms with Crippen molar-refractivity contribution in [3.8, 4) is 0 Å². The van der Waals surface area contributed by atoms with Gasteiger partial charge >= 0.3 is 5.69 Å². The first-order valence-corrected chi connectivity index (χ1v) is 6.48. The fourth-order valence-electron chi connectivity index (χ4n) is 2.05.